The minimum Gasteiger partial charge on any atom is -0.449 e. The summed E-state index contributed by atoms with van der Waals surface area (Å²) < 4.78 is 5.63. The highest BCUT2D eigenvalue weighted by molar-refractivity contribution is 5.82. The number of amides is 1. The summed E-state index contributed by atoms with van der Waals surface area (Å²) in [6.45, 7) is 5.46. The zero-order valence-electron chi connectivity index (χ0n) is 21.3. The summed E-state index contributed by atoms with van der Waals surface area (Å²) in [4.78, 5) is 12.4. The van der Waals surface area contributed by atoms with Gasteiger partial charge in [0.2, 0.25) is 0 Å². The lowest BCUT2D eigenvalue weighted by Gasteiger charge is -2.21. The van der Waals surface area contributed by atoms with Crippen molar-refractivity contribution >= 4 is 12.2 Å². The fourth-order valence-electron chi connectivity index (χ4n) is 5.95. The molecule has 0 saturated carbocycles. The highest BCUT2D eigenvalue weighted by Crippen LogP contribution is 2.48. The summed E-state index contributed by atoms with van der Waals surface area (Å²) in [6, 6.07) is 32.1. The Morgan fingerprint density at radius 3 is 2.16 bits per heavy atom. The van der Waals surface area contributed by atoms with Crippen LogP contribution in [0, 0.1) is 0 Å². The zero-order valence-corrected chi connectivity index (χ0v) is 21.3. The van der Waals surface area contributed by atoms with Gasteiger partial charge in [0.05, 0.1) is 0 Å². The molecular formula is C34H31NO2. The first-order valence-corrected chi connectivity index (χ1v) is 13.0. The lowest BCUT2D eigenvalue weighted by Crippen LogP contribution is -2.26. The first kappa shape index (κ1) is 23.3. The molecule has 0 heterocycles. The third kappa shape index (κ3) is 4.15. The van der Waals surface area contributed by atoms with Gasteiger partial charge in [0.25, 0.3) is 0 Å². The van der Waals surface area contributed by atoms with E-state index in [0.717, 1.165) is 6.42 Å². The molecule has 37 heavy (non-hydrogen) atoms. The van der Waals surface area contributed by atoms with E-state index in [0.29, 0.717) is 13.2 Å². The second-order valence-electron chi connectivity index (χ2n) is 10.4. The van der Waals surface area contributed by atoms with Crippen molar-refractivity contribution in [3.8, 4) is 22.3 Å². The standard InChI is InChI=1S/C34H31NO2/c1-34(2)31-17-8-7-16-28(31)29-19-18-23(21-32(29)34)11-9-10-20-35-33(36)37-22-30-26-14-5-3-12-24(26)25-13-4-6-15-27(25)30/h3-9,11-19,21,30H,10,20,22H2,1-2H3,(H,35,36). The third-order valence-electron chi connectivity index (χ3n) is 7.84. The Hall–Kier alpha value is -4.11. The molecule has 0 bridgehead atoms. The normalized spacial score (nSPS) is 14.6. The van der Waals surface area contributed by atoms with Crippen molar-refractivity contribution < 1.29 is 9.53 Å². The van der Waals surface area contributed by atoms with Crippen LogP contribution in [0.4, 0.5) is 4.79 Å². The molecule has 0 unspecified atom stereocenters. The average Bonchev–Trinajstić information content (AvgIpc) is 3.36. The van der Waals surface area contributed by atoms with Crippen LogP contribution in [0.5, 0.6) is 0 Å². The predicted octanol–water partition coefficient (Wildman–Crippen LogP) is 7.93. The van der Waals surface area contributed by atoms with Gasteiger partial charge in [-0.3, -0.25) is 0 Å². The van der Waals surface area contributed by atoms with Crippen LogP contribution in [0.15, 0.2) is 97.1 Å². The number of ether oxygens (including phenoxy) is 1. The van der Waals surface area contributed by atoms with Crippen LogP contribution < -0.4 is 5.32 Å². The van der Waals surface area contributed by atoms with E-state index in [1.807, 2.05) is 12.1 Å². The molecule has 0 atom stereocenters. The SMILES string of the molecule is CC1(C)c2ccccc2-c2ccc(C=CCCNC(=O)OCC3c4ccccc4-c4ccccc43)cc21. The van der Waals surface area contributed by atoms with E-state index >= 15 is 0 Å². The second-order valence-corrected chi connectivity index (χ2v) is 10.4. The van der Waals surface area contributed by atoms with Crippen molar-refractivity contribution in [3.05, 3.63) is 125 Å². The lowest BCUT2D eigenvalue weighted by atomic mass is 9.82. The molecule has 1 N–H and O–H groups in total. The molecule has 0 saturated heterocycles. The van der Waals surface area contributed by atoms with Crippen molar-refractivity contribution in [3.63, 3.8) is 0 Å². The van der Waals surface area contributed by atoms with Crippen LogP contribution in [0.1, 0.15) is 54.0 Å². The zero-order chi connectivity index (χ0) is 25.4. The maximum Gasteiger partial charge on any atom is 0.407 e. The molecular weight excluding hydrogens is 454 g/mol. The molecule has 2 aliphatic carbocycles. The predicted molar refractivity (Wildman–Crippen MR) is 151 cm³/mol. The van der Waals surface area contributed by atoms with E-state index in [2.05, 4.69) is 110 Å². The summed E-state index contributed by atoms with van der Waals surface area (Å²) in [5.74, 6) is 0.0771. The van der Waals surface area contributed by atoms with E-state index in [4.69, 9.17) is 4.74 Å². The summed E-state index contributed by atoms with van der Waals surface area (Å²) in [7, 11) is 0. The number of alkyl carbamates (subject to hydrolysis) is 1. The van der Waals surface area contributed by atoms with E-state index in [9.17, 15) is 4.79 Å². The summed E-state index contributed by atoms with van der Waals surface area (Å²) in [5, 5.41) is 2.90. The van der Waals surface area contributed by atoms with Gasteiger partial charge in [0.1, 0.15) is 6.61 Å². The maximum atomic E-state index is 12.4. The minimum absolute atomic E-state index is 0.00142. The van der Waals surface area contributed by atoms with Gasteiger partial charge in [0.15, 0.2) is 0 Å². The smallest absolute Gasteiger partial charge is 0.407 e. The van der Waals surface area contributed by atoms with E-state index in [1.54, 1.807) is 0 Å². The van der Waals surface area contributed by atoms with Gasteiger partial charge < -0.3 is 10.1 Å². The van der Waals surface area contributed by atoms with Crippen molar-refractivity contribution in [2.24, 2.45) is 0 Å². The fourth-order valence-corrected chi connectivity index (χ4v) is 5.95. The van der Waals surface area contributed by atoms with Crippen LogP contribution in [0.3, 0.4) is 0 Å². The monoisotopic (exact) mass is 485 g/mol. The average molecular weight is 486 g/mol. The Bertz CT molecular complexity index is 1470. The first-order chi connectivity index (χ1) is 18.0. The maximum absolute atomic E-state index is 12.4. The molecule has 0 aromatic heterocycles. The largest absolute Gasteiger partial charge is 0.449 e. The molecule has 2 aliphatic rings. The van der Waals surface area contributed by atoms with E-state index < -0.39 is 0 Å². The van der Waals surface area contributed by atoms with Gasteiger partial charge >= 0.3 is 6.09 Å². The molecule has 3 nitrogen and oxygen atoms in total. The quantitative estimate of drug-likeness (QED) is 0.282. The van der Waals surface area contributed by atoms with Gasteiger partial charge in [-0.1, -0.05) is 117 Å². The van der Waals surface area contributed by atoms with E-state index in [-0.39, 0.29) is 17.4 Å². The molecule has 3 heteroatoms. The molecule has 6 rings (SSSR count). The van der Waals surface area contributed by atoms with Gasteiger partial charge in [0, 0.05) is 17.9 Å². The number of carbonyl (C=O) groups is 1. The van der Waals surface area contributed by atoms with Crippen LogP contribution >= 0.6 is 0 Å². The number of nitrogens with one attached hydrogen (secondary N) is 1. The molecule has 4 aromatic rings. The molecule has 4 aromatic carbocycles. The van der Waals surface area contributed by atoms with E-state index in [1.165, 1.54) is 50.1 Å². The Morgan fingerprint density at radius 2 is 1.43 bits per heavy atom. The van der Waals surface area contributed by atoms with Crippen LogP contribution in [0.25, 0.3) is 28.3 Å². The fraction of sp³-hybridized carbons (Fsp3) is 0.206. The summed E-state index contributed by atoms with van der Waals surface area (Å²) in [5.41, 5.74) is 11.5. The Kier molecular flexibility index (Phi) is 5.92. The highest BCUT2D eigenvalue weighted by Gasteiger charge is 2.35. The van der Waals surface area contributed by atoms with Crippen molar-refractivity contribution in [2.75, 3.05) is 13.2 Å². The number of carbonyl (C=O) groups excluding carboxylic acids is 1. The Labute approximate surface area is 218 Å². The lowest BCUT2D eigenvalue weighted by molar-refractivity contribution is 0.143. The molecule has 0 aliphatic heterocycles. The number of hydrogen-bond donors (Lipinski definition) is 1. The van der Waals surface area contributed by atoms with Crippen LogP contribution in [-0.2, 0) is 10.2 Å². The van der Waals surface area contributed by atoms with Gasteiger partial charge in [-0.2, -0.15) is 0 Å². The molecule has 1 amide bonds. The number of rotatable bonds is 6. The number of fused-ring (bicyclic) bond motifs is 6. The van der Waals surface area contributed by atoms with Gasteiger partial charge in [-0.25, -0.2) is 4.79 Å². The second kappa shape index (κ2) is 9.40. The van der Waals surface area contributed by atoms with Crippen molar-refractivity contribution in [1.29, 1.82) is 0 Å². The first-order valence-electron chi connectivity index (χ1n) is 13.0. The highest BCUT2D eigenvalue weighted by atomic mass is 16.5. The van der Waals surface area contributed by atoms with Gasteiger partial charge in [-0.05, 0) is 56.5 Å². The Balaban J connectivity index is 1.03. The summed E-state index contributed by atoms with van der Waals surface area (Å²) >= 11 is 0. The van der Waals surface area contributed by atoms with Crippen molar-refractivity contribution in [1.82, 2.24) is 5.32 Å². The minimum atomic E-state index is -0.368. The van der Waals surface area contributed by atoms with Gasteiger partial charge in [-0.15, -0.1) is 0 Å². The topological polar surface area (TPSA) is 38.3 Å². The molecule has 0 spiro atoms. The molecule has 184 valence electrons. The van der Waals surface area contributed by atoms with Crippen LogP contribution in [0.2, 0.25) is 0 Å². The van der Waals surface area contributed by atoms with Crippen molar-refractivity contribution in [2.45, 2.75) is 31.6 Å². The third-order valence-corrected chi connectivity index (χ3v) is 7.84. The molecule has 0 radical (unpaired) electrons. The number of hydrogen-bond acceptors (Lipinski definition) is 2. The van der Waals surface area contributed by atoms with Crippen LogP contribution in [-0.4, -0.2) is 19.2 Å². The molecule has 0 fully saturated rings. The number of benzene rings is 4. The summed E-state index contributed by atoms with van der Waals surface area (Å²) in [6.07, 6.45) is 4.62. The Morgan fingerprint density at radius 1 is 0.811 bits per heavy atom.